The summed E-state index contributed by atoms with van der Waals surface area (Å²) < 4.78 is 38.9. The Morgan fingerprint density at radius 2 is 1.95 bits per heavy atom. The quantitative estimate of drug-likeness (QED) is 0.739. The van der Waals surface area contributed by atoms with E-state index in [1.807, 2.05) is 0 Å². The Hall–Kier alpha value is -2.10. The molecule has 1 heterocycles. The van der Waals surface area contributed by atoms with Gasteiger partial charge in [0.05, 0.1) is 0 Å². The molecule has 0 saturated heterocycles. The smallest absolute Gasteiger partial charge is 0.253 e. The molecule has 0 radical (unpaired) electrons. The van der Waals surface area contributed by atoms with Gasteiger partial charge in [-0.15, -0.1) is 0 Å². The van der Waals surface area contributed by atoms with E-state index in [2.05, 4.69) is 4.98 Å². The van der Waals surface area contributed by atoms with E-state index in [0.29, 0.717) is 16.7 Å². The topological polar surface area (TPSA) is 12.9 Å². The molecular formula is C16H14F3N. The van der Waals surface area contributed by atoms with Crippen LogP contribution in [0, 0.1) is 6.92 Å². The number of alkyl halides is 2. The molecule has 20 heavy (non-hydrogen) atoms. The summed E-state index contributed by atoms with van der Waals surface area (Å²) in [7, 11) is 0. The molecule has 0 bridgehead atoms. The van der Waals surface area contributed by atoms with Crippen molar-refractivity contribution in [3.05, 3.63) is 59.4 Å². The normalized spacial score (nSPS) is 12.0. The van der Waals surface area contributed by atoms with Gasteiger partial charge in [-0.25, -0.2) is 13.2 Å². The van der Waals surface area contributed by atoms with Crippen LogP contribution in [0.25, 0.3) is 17.0 Å². The van der Waals surface area contributed by atoms with Crippen LogP contribution in [0.15, 0.2) is 42.6 Å². The number of allylic oxidation sites excluding steroid dienone is 1. The maximum absolute atomic E-state index is 13.5. The van der Waals surface area contributed by atoms with E-state index in [1.165, 1.54) is 24.4 Å². The van der Waals surface area contributed by atoms with Crippen molar-refractivity contribution in [2.75, 3.05) is 0 Å². The highest BCUT2D eigenvalue weighted by Gasteiger charge is 2.10. The molecule has 0 amide bonds. The van der Waals surface area contributed by atoms with Crippen LogP contribution < -0.4 is 0 Å². The van der Waals surface area contributed by atoms with Crippen molar-refractivity contribution in [3.8, 4) is 11.1 Å². The van der Waals surface area contributed by atoms with Crippen LogP contribution in [-0.4, -0.2) is 4.98 Å². The molecular weight excluding hydrogens is 263 g/mol. The molecule has 1 aromatic carbocycles. The number of rotatable bonds is 3. The van der Waals surface area contributed by atoms with Crippen molar-refractivity contribution >= 4 is 5.83 Å². The zero-order valence-electron chi connectivity index (χ0n) is 11.2. The largest absolute Gasteiger partial charge is 0.263 e. The number of halogens is 3. The van der Waals surface area contributed by atoms with Gasteiger partial charge in [-0.3, -0.25) is 4.98 Å². The lowest BCUT2D eigenvalue weighted by atomic mass is 10.0. The second-order valence-corrected chi connectivity index (χ2v) is 4.45. The van der Waals surface area contributed by atoms with Crippen LogP contribution in [-0.2, 0) is 0 Å². The average Bonchev–Trinajstić information content (AvgIpc) is 2.46. The minimum atomic E-state index is -2.51. The maximum Gasteiger partial charge on any atom is 0.263 e. The molecule has 0 unspecified atom stereocenters. The van der Waals surface area contributed by atoms with Gasteiger partial charge in [-0.1, -0.05) is 18.2 Å². The number of benzene rings is 1. The first-order valence-corrected chi connectivity index (χ1v) is 6.20. The number of nitrogens with zero attached hydrogens (tertiary/aromatic N) is 1. The van der Waals surface area contributed by atoms with E-state index >= 15 is 0 Å². The zero-order chi connectivity index (χ0) is 14.7. The highest BCUT2D eigenvalue weighted by atomic mass is 19.3. The second-order valence-electron chi connectivity index (χ2n) is 4.45. The van der Waals surface area contributed by atoms with Crippen LogP contribution in [0.5, 0.6) is 0 Å². The Balaban J connectivity index is 2.44. The van der Waals surface area contributed by atoms with Gasteiger partial charge in [0.1, 0.15) is 11.5 Å². The first-order chi connectivity index (χ1) is 9.52. The van der Waals surface area contributed by atoms with Gasteiger partial charge >= 0.3 is 0 Å². The van der Waals surface area contributed by atoms with Gasteiger partial charge in [0.2, 0.25) is 0 Å². The lowest BCUT2D eigenvalue weighted by Gasteiger charge is -2.08. The van der Waals surface area contributed by atoms with Crippen LogP contribution in [0.1, 0.15) is 30.2 Å². The molecule has 0 atom stereocenters. The van der Waals surface area contributed by atoms with E-state index in [0.717, 1.165) is 0 Å². The lowest BCUT2D eigenvalue weighted by Crippen LogP contribution is -1.92. The fraction of sp³-hybridized carbons (Fsp3) is 0.188. The third-order valence-corrected chi connectivity index (χ3v) is 3.03. The molecule has 0 spiro atoms. The van der Waals surface area contributed by atoms with Crippen molar-refractivity contribution in [3.63, 3.8) is 0 Å². The van der Waals surface area contributed by atoms with E-state index in [-0.39, 0.29) is 11.3 Å². The molecule has 0 N–H and O–H groups in total. The second kappa shape index (κ2) is 5.90. The Morgan fingerprint density at radius 3 is 2.55 bits per heavy atom. The summed E-state index contributed by atoms with van der Waals surface area (Å²) in [6, 6.07) is 7.85. The van der Waals surface area contributed by atoms with Crippen molar-refractivity contribution in [2.24, 2.45) is 0 Å². The molecule has 0 aliphatic rings. The van der Waals surface area contributed by atoms with Gasteiger partial charge in [-0.2, -0.15) is 0 Å². The molecule has 2 aromatic rings. The van der Waals surface area contributed by atoms with Crippen LogP contribution in [0.3, 0.4) is 0 Å². The first kappa shape index (κ1) is 14.3. The van der Waals surface area contributed by atoms with Gasteiger partial charge < -0.3 is 0 Å². The van der Waals surface area contributed by atoms with Crippen molar-refractivity contribution in [1.29, 1.82) is 0 Å². The molecule has 0 saturated carbocycles. The van der Waals surface area contributed by atoms with Crippen LogP contribution in [0.4, 0.5) is 13.2 Å². The monoisotopic (exact) mass is 277 g/mol. The van der Waals surface area contributed by atoms with Gasteiger partial charge in [0, 0.05) is 17.3 Å². The third-order valence-electron chi connectivity index (χ3n) is 3.03. The third kappa shape index (κ3) is 2.90. The molecule has 1 nitrogen and oxygen atoms in total. The Kier molecular flexibility index (Phi) is 4.23. The molecule has 1 aromatic heterocycles. The van der Waals surface area contributed by atoms with Crippen LogP contribution in [0.2, 0.25) is 0 Å². The number of hydrogen-bond acceptors (Lipinski definition) is 1. The lowest BCUT2D eigenvalue weighted by molar-refractivity contribution is 0.151. The molecule has 0 aliphatic carbocycles. The number of aryl methyl sites for hydroxylation is 1. The predicted molar refractivity (Wildman–Crippen MR) is 74.1 cm³/mol. The average molecular weight is 277 g/mol. The molecule has 104 valence electrons. The zero-order valence-corrected chi connectivity index (χ0v) is 11.2. The summed E-state index contributed by atoms with van der Waals surface area (Å²) in [5.41, 5.74) is 2.24. The van der Waals surface area contributed by atoms with Gasteiger partial charge in [0.15, 0.2) is 0 Å². The summed E-state index contributed by atoms with van der Waals surface area (Å²) in [4.78, 5) is 4.07. The first-order valence-electron chi connectivity index (χ1n) is 6.20. The summed E-state index contributed by atoms with van der Waals surface area (Å²) in [6.07, 6.45) is 0.325. The summed E-state index contributed by atoms with van der Waals surface area (Å²) in [6.45, 7) is 3.34. The van der Waals surface area contributed by atoms with E-state index < -0.39 is 12.3 Å². The van der Waals surface area contributed by atoms with Crippen LogP contribution >= 0.6 is 0 Å². The molecule has 0 aliphatic heterocycles. The molecule has 2 rings (SSSR count). The minimum absolute atomic E-state index is 0.0381. The predicted octanol–water partition coefficient (Wildman–Crippen LogP) is 5.32. The van der Waals surface area contributed by atoms with Gasteiger partial charge in [-0.05, 0) is 43.2 Å². The highest BCUT2D eigenvalue weighted by Crippen LogP contribution is 2.27. The Bertz CT molecular complexity index is 648. The minimum Gasteiger partial charge on any atom is -0.253 e. The fourth-order valence-corrected chi connectivity index (χ4v) is 1.97. The van der Waals surface area contributed by atoms with Crippen molar-refractivity contribution in [1.82, 2.24) is 4.98 Å². The summed E-state index contributed by atoms with van der Waals surface area (Å²) >= 11 is 0. The molecule has 0 fully saturated rings. The van der Waals surface area contributed by atoms with E-state index in [4.69, 9.17) is 0 Å². The highest BCUT2D eigenvalue weighted by molar-refractivity contribution is 5.67. The van der Waals surface area contributed by atoms with Gasteiger partial charge in [0.25, 0.3) is 6.43 Å². The summed E-state index contributed by atoms with van der Waals surface area (Å²) in [5, 5.41) is 0. The number of hydrogen-bond donors (Lipinski definition) is 0. The maximum atomic E-state index is 13.5. The van der Waals surface area contributed by atoms with Crippen molar-refractivity contribution in [2.45, 2.75) is 20.3 Å². The SMILES string of the molecule is C/C=C(/F)c1ncc(-c2cccc(C(F)F)c2)cc1C. The molecule has 4 heteroatoms. The standard InChI is InChI=1S/C16H14F3N/c1-3-14(17)15-10(2)7-13(9-20-15)11-5-4-6-12(8-11)16(18)19/h3-9,16H,1-2H3/b14-3+. The number of pyridine rings is 1. The summed E-state index contributed by atoms with van der Waals surface area (Å²) in [5.74, 6) is -0.393. The fourth-order valence-electron chi connectivity index (χ4n) is 1.97. The van der Waals surface area contributed by atoms with Crippen molar-refractivity contribution < 1.29 is 13.2 Å². The number of aromatic nitrogens is 1. The van der Waals surface area contributed by atoms with E-state index in [1.54, 1.807) is 32.0 Å². The Labute approximate surface area is 115 Å². The van der Waals surface area contributed by atoms with E-state index in [9.17, 15) is 13.2 Å². The Morgan fingerprint density at radius 1 is 1.20 bits per heavy atom.